The Hall–Kier alpha value is -2.15. The molecular formula is C20H23ClFN3O2. The Kier molecular flexibility index (Phi) is 6.66. The highest BCUT2D eigenvalue weighted by molar-refractivity contribution is 6.30. The van der Waals surface area contributed by atoms with Crippen molar-refractivity contribution < 1.29 is 13.9 Å². The molecule has 7 heteroatoms. The van der Waals surface area contributed by atoms with Gasteiger partial charge in [0.15, 0.2) is 0 Å². The number of benzene rings is 2. The largest absolute Gasteiger partial charge is 0.496 e. The molecule has 1 N–H and O–H groups in total. The normalized spacial score (nSPS) is 15.5. The second-order valence-electron chi connectivity index (χ2n) is 6.56. The number of nitrogens with zero attached hydrogens (tertiary/aromatic N) is 2. The second-order valence-corrected chi connectivity index (χ2v) is 7.00. The van der Waals surface area contributed by atoms with Gasteiger partial charge in [-0.2, -0.15) is 0 Å². The Morgan fingerprint density at radius 2 is 1.78 bits per heavy atom. The smallest absolute Gasteiger partial charge is 0.238 e. The molecule has 1 saturated heterocycles. The van der Waals surface area contributed by atoms with Crippen molar-refractivity contribution in [3.63, 3.8) is 0 Å². The van der Waals surface area contributed by atoms with Gasteiger partial charge in [-0.3, -0.25) is 14.6 Å². The zero-order chi connectivity index (χ0) is 19.2. The van der Waals surface area contributed by atoms with Gasteiger partial charge in [0.05, 0.1) is 13.7 Å². The van der Waals surface area contributed by atoms with Crippen LogP contribution in [-0.4, -0.2) is 55.5 Å². The Morgan fingerprint density at radius 3 is 2.44 bits per heavy atom. The Balaban J connectivity index is 1.47. The van der Waals surface area contributed by atoms with Gasteiger partial charge in [-0.05, 0) is 42.5 Å². The van der Waals surface area contributed by atoms with Crippen LogP contribution in [0.2, 0.25) is 5.02 Å². The molecule has 1 aliphatic rings. The molecule has 0 spiro atoms. The van der Waals surface area contributed by atoms with Gasteiger partial charge >= 0.3 is 0 Å². The molecule has 5 nitrogen and oxygen atoms in total. The van der Waals surface area contributed by atoms with E-state index in [1.807, 2.05) is 0 Å². The summed E-state index contributed by atoms with van der Waals surface area (Å²) < 4.78 is 18.8. The summed E-state index contributed by atoms with van der Waals surface area (Å²) in [4.78, 5) is 16.6. The predicted octanol–water partition coefficient (Wildman–Crippen LogP) is 3.24. The van der Waals surface area contributed by atoms with Crippen molar-refractivity contribution in [1.82, 2.24) is 9.80 Å². The maximum Gasteiger partial charge on any atom is 0.238 e. The fraction of sp³-hybridized carbons (Fsp3) is 0.350. The molecule has 1 aliphatic heterocycles. The number of nitrogens with one attached hydrogen (secondary N) is 1. The van der Waals surface area contributed by atoms with E-state index < -0.39 is 0 Å². The van der Waals surface area contributed by atoms with Gasteiger partial charge in [0.1, 0.15) is 11.6 Å². The number of ether oxygens (including phenoxy) is 1. The highest BCUT2D eigenvalue weighted by atomic mass is 35.5. The average molecular weight is 392 g/mol. The quantitative estimate of drug-likeness (QED) is 0.821. The van der Waals surface area contributed by atoms with Gasteiger partial charge in [0.25, 0.3) is 0 Å². The summed E-state index contributed by atoms with van der Waals surface area (Å²) in [7, 11) is 1.59. The van der Waals surface area contributed by atoms with Gasteiger partial charge in [-0.15, -0.1) is 0 Å². The SMILES string of the molecule is COc1ccc(F)cc1CN1CCN(CC(=O)Nc2ccc(Cl)cc2)CC1. The molecule has 1 heterocycles. The van der Waals surface area contributed by atoms with Crippen molar-refractivity contribution >= 4 is 23.2 Å². The van der Waals surface area contributed by atoms with Crippen LogP contribution in [0.5, 0.6) is 5.75 Å². The third kappa shape index (κ3) is 5.66. The monoisotopic (exact) mass is 391 g/mol. The van der Waals surface area contributed by atoms with Gasteiger partial charge in [-0.1, -0.05) is 11.6 Å². The van der Waals surface area contributed by atoms with Crippen LogP contribution in [0.15, 0.2) is 42.5 Å². The van der Waals surface area contributed by atoms with Gasteiger partial charge in [0, 0.05) is 49.0 Å². The van der Waals surface area contributed by atoms with Crippen LogP contribution in [-0.2, 0) is 11.3 Å². The lowest BCUT2D eigenvalue weighted by Crippen LogP contribution is -2.48. The highest BCUT2D eigenvalue weighted by Crippen LogP contribution is 2.21. The molecule has 0 bridgehead atoms. The van der Waals surface area contributed by atoms with Crippen molar-refractivity contribution in [3.8, 4) is 5.75 Å². The van der Waals surface area contributed by atoms with Crippen LogP contribution in [0, 0.1) is 5.82 Å². The molecule has 2 aromatic carbocycles. The first kappa shape index (κ1) is 19.6. The zero-order valence-electron chi connectivity index (χ0n) is 15.3. The molecule has 3 rings (SSSR count). The zero-order valence-corrected chi connectivity index (χ0v) is 16.0. The van der Waals surface area contributed by atoms with Crippen LogP contribution in [0.25, 0.3) is 0 Å². The minimum Gasteiger partial charge on any atom is -0.496 e. The second kappa shape index (κ2) is 9.17. The van der Waals surface area contributed by atoms with Crippen LogP contribution < -0.4 is 10.1 Å². The van der Waals surface area contributed by atoms with E-state index in [1.165, 1.54) is 12.1 Å². The minimum absolute atomic E-state index is 0.0439. The summed E-state index contributed by atoms with van der Waals surface area (Å²) in [5.74, 6) is 0.391. The van der Waals surface area contributed by atoms with Crippen molar-refractivity contribution in [3.05, 3.63) is 58.9 Å². The van der Waals surface area contributed by atoms with E-state index in [2.05, 4.69) is 15.1 Å². The van der Waals surface area contributed by atoms with Crippen molar-refractivity contribution in [1.29, 1.82) is 0 Å². The van der Waals surface area contributed by atoms with Crippen molar-refractivity contribution in [2.75, 3.05) is 45.2 Å². The van der Waals surface area contributed by atoms with Crippen molar-refractivity contribution in [2.24, 2.45) is 0 Å². The standard InChI is InChI=1S/C20H23ClFN3O2/c1-27-19-7-4-17(22)12-15(19)13-24-8-10-25(11-9-24)14-20(26)23-18-5-2-16(21)3-6-18/h2-7,12H,8-11,13-14H2,1H3,(H,23,26). The molecule has 144 valence electrons. The predicted molar refractivity (Wildman–Crippen MR) is 105 cm³/mol. The number of piperazine rings is 1. The summed E-state index contributed by atoms with van der Waals surface area (Å²) in [5, 5.41) is 3.52. The Bertz CT molecular complexity index is 777. The fourth-order valence-corrected chi connectivity index (χ4v) is 3.28. The molecule has 0 unspecified atom stereocenters. The van der Waals surface area contributed by atoms with E-state index in [-0.39, 0.29) is 11.7 Å². The molecule has 2 aromatic rings. The fourth-order valence-electron chi connectivity index (χ4n) is 3.15. The van der Waals surface area contributed by atoms with Gasteiger partial charge in [0.2, 0.25) is 5.91 Å². The van der Waals surface area contributed by atoms with E-state index in [9.17, 15) is 9.18 Å². The number of amides is 1. The average Bonchev–Trinajstić information content (AvgIpc) is 2.65. The van der Waals surface area contributed by atoms with Gasteiger partial charge < -0.3 is 10.1 Å². The third-order valence-corrected chi connectivity index (χ3v) is 4.85. The molecule has 27 heavy (non-hydrogen) atoms. The number of carbonyl (C=O) groups excluding carboxylic acids is 1. The number of rotatable bonds is 6. The van der Waals surface area contributed by atoms with E-state index in [1.54, 1.807) is 37.4 Å². The number of halogens is 2. The topological polar surface area (TPSA) is 44.8 Å². The third-order valence-electron chi connectivity index (χ3n) is 4.60. The summed E-state index contributed by atoms with van der Waals surface area (Å²) in [6.45, 7) is 4.17. The summed E-state index contributed by atoms with van der Waals surface area (Å²) >= 11 is 5.85. The Morgan fingerprint density at radius 1 is 1.11 bits per heavy atom. The molecule has 1 amide bonds. The van der Waals surface area contributed by atoms with Gasteiger partial charge in [-0.25, -0.2) is 4.39 Å². The first-order valence-electron chi connectivity index (χ1n) is 8.86. The lowest BCUT2D eigenvalue weighted by atomic mass is 10.1. The lowest BCUT2D eigenvalue weighted by Gasteiger charge is -2.34. The van der Waals surface area contributed by atoms with Crippen LogP contribution >= 0.6 is 11.6 Å². The Labute approximate surface area is 163 Å². The van der Waals surface area contributed by atoms with E-state index in [0.29, 0.717) is 23.9 Å². The molecule has 0 saturated carbocycles. The maximum atomic E-state index is 13.5. The molecular weight excluding hydrogens is 369 g/mol. The summed E-state index contributed by atoms with van der Waals surface area (Å²) in [6, 6.07) is 11.6. The molecule has 0 aromatic heterocycles. The van der Waals surface area contributed by atoms with Crippen LogP contribution in [0.4, 0.5) is 10.1 Å². The van der Waals surface area contributed by atoms with E-state index in [0.717, 1.165) is 37.4 Å². The number of carbonyl (C=O) groups is 1. The number of hydrogen-bond donors (Lipinski definition) is 1. The maximum absolute atomic E-state index is 13.5. The molecule has 0 radical (unpaired) electrons. The highest BCUT2D eigenvalue weighted by Gasteiger charge is 2.20. The minimum atomic E-state index is -0.261. The molecule has 0 aliphatic carbocycles. The molecule has 1 fully saturated rings. The molecule has 0 atom stereocenters. The number of hydrogen-bond acceptors (Lipinski definition) is 4. The van der Waals surface area contributed by atoms with Crippen LogP contribution in [0.1, 0.15) is 5.56 Å². The first-order chi connectivity index (χ1) is 13.0. The van der Waals surface area contributed by atoms with Crippen LogP contribution in [0.3, 0.4) is 0 Å². The number of methoxy groups -OCH3 is 1. The van der Waals surface area contributed by atoms with Crippen molar-refractivity contribution in [2.45, 2.75) is 6.54 Å². The number of anilines is 1. The van der Waals surface area contributed by atoms with E-state index >= 15 is 0 Å². The summed E-state index contributed by atoms with van der Waals surface area (Å²) in [6.07, 6.45) is 0. The lowest BCUT2D eigenvalue weighted by molar-refractivity contribution is -0.117. The van der Waals surface area contributed by atoms with E-state index in [4.69, 9.17) is 16.3 Å². The first-order valence-corrected chi connectivity index (χ1v) is 9.24. The summed E-state index contributed by atoms with van der Waals surface area (Å²) in [5.41, 5.74) is 1.58.